The van der Waals surface area contributed by atoms with Gasteiger partial charge in [-0.2, -0.15) is 0 Å². The van der Waals surface area contributed by atoms with Gasteiger partial charge in [0.15, 0.2) is 5.84 Å². The predicted octanol–water partition coefficient (Wildman–Crippen LogP) is 12.6. The number of aliphatic imine (C=N–C) groups is 2. The Kier molecular flexibility index (Phi) is 7.88. The number of nitrogens with one attached hydrogen (secondary N) is 1. The van der Waals surface area contributed by atoms with Crippen molar-refractivity contribution in [2.75, 3.05) is 0 Å². The summed E-state index contributed by atoms with van der Waals surface area (Å²) in [7, 11) is 0. The molecule has 1 N–H and O–H groups in total. The average Bonchev–Trinajstić information content (AvgIpc) is 3.26. The van der Waals surface area contributed by atoms with Crippen LogP contribution in [0.4, 0.5) is 0 Å². The Bertz CT molecular complexity index is 2890. The molecule has 1 aliphatic rings. The number of nitrogens with zero attached hydrogens (tertiary/aromatic N) is 2. The summed E-state index contributed by atoms with van der Waals surface area (Å²) in [5.74, 6) is 1.51. The molecule has 0 fully saturated rings. The molecule has 1 atom stereocenters. The molecular weight excluding hydrogens is 655 g/mol. The fourth-order valence-electron chi connectivity index (χ4n) is 7.85. The molecule has 1 unspecified atom stereocenters. The van der Waals surface area contributed by atoms with Gasteiger partial charge in [0.05, 0.1) is 0 Å². The van der Waals surface area contributed by atoms with Crippen LogP contribution in [0.3, 0.4) is 0 Å². The molecule has 0 bridgehead atoms. The molecule has 0 radical (unpaired) electrons. The Morgan fingerprint density at radius 2 is 0.926 bits per heavy atom. The second-order valence-corrected chi connectivity index (χ2v) is 13.8. The van der Waals surface area contributed by atoms with Crippen LogP contribution in [0.5, 0.6) is 0 Å². The first-order valence-corrected chi connectivity index (χ1v) is 18.4. The van der Waals surface area contributed by atoms with Crippen molar-refractivity contribution in [3.63, 3.8) is 0 Å². The van der Waals surface area contributed by atoms with Gasteiger partial charge >= 0.3 is 0 Å². The second-order valence-electron chi connectivity index (χ2n) is 13.8. The topological polar surface area (TPSA) is 36.8 Å². The van der Waals surface area contributed by atoms with Gasteiger partial charge in [-0.1, -0.05) is 194 Å². The van der Waals surface area contributed by atoms with Crippen molar-refractivity contribution in [3.8, 4) is 33.4 Å². The standard InChI is InChI=1S/C51H35N3/c1-3-13-34(14-4-1)42-19-11-12-22-46(42)51-53-49(39-17-5-2-6-18-39)52-50(54-51)40-28-26-38(27-29-40)48-44-21-10-8-16-36(44)31-32-45(48)41-30-25-37-24-23-35-15-7-9-20-43(35)47(37)33-41/h1-33,50H,(H,52,53,54). The molecule has 0 saturated heterocycles. The number of rotatable bonds is 6. The van der Waals surface area contributed by atoms with Crippen molar-refractivity contribution < 1.29 is 0 Å². The largest absolute Gasteiger partial charge is 0.344 e. The lowest BCUT2D eigenvalue weighted by molar-refractivity contribution is 0.674. The van der Waals surface area contributed by atoms with Crippen molar-refractivity contribution in [1.29, 1.82) is 0 Å². The van der Waals surface area contributed by atoms with E-state index in [1.54, 1.807) is 0 Å². The summed E-state index contributed by atoms with van der Waals surface area (Å²) in [6, 6.07) is 71.3. The molecule has 10 rings (SSSR count). The number of amidine groups is 2. The van der Waals surface area contributed by atoms with E-state index in [-0.39, 0.29) is 6.17 Å². The maximum atomic E-state index is 5.27. The number of hydrogen-bond acceptors (Lipinski definition) is 3. The average molecular weight is 690 g/mol. The third-order valence-electron chi connectivity index (χ3n) is 10.5. The van der Waals surface area contributed by atoms with Gasteiger partial charge < -0.3 is 5.32 Å². The van der Waals surface area contributed by atoms with Crippen LogP contribution >= 0.6 is 0 Å². The normalized spacial score (nSPS) is 14.1. The van der Waals surface area contributed by atoms with Gasteiger partial charge in [0.1, 0.15) is 12.0 Å². The summed E-state index contributed by atoms with van der Waals surface area (Å²) in [5, 5.41) is 11.1. The lowest BCUT2D eigenvalue weighted by Crippen LogP contribution is -2.33. The van der Waals surface area contributed by atoms with Gasteiger partial charge in [0.25, 0.3) is 0 Å². The van der Waals surface area contributed by atoms with Gasteiger partial charge in [-0.15, -0.1) is 0 Å². The number of fused-ring (bicyclic) bond motifs is 4. The fraction of sp³-hybridized carbons (Fsp3) is 0.0196. The maximum Gasteiger partial charge on any atom is 0.160 e. The van der Waals surface area contributed by atoms with E-state index in [9.17, 15) is 0 Å². The van der Waals surface area contributed by atoms with Crippen LogP contribution in [0.1, 0.15) is 22.9 Å². The first-order valence-electron chi connectivity index (χ1n) is 18.4. The Morgan fingerprint density at radius 3 is 1.69 bits per heavy atom. The maximum absolute atomic E-state index is 5.27. The molecule has 54 heavy (non-hydrogen) atoms. The molecule has 0 aliphatic carbocycles. The highest BCUT2D eigenvalue weighted by atomic mass is 15.2. The van der Waals surface area contributed by atoms with E-state index in [2.05, 4.69) is 181 Å². The van der Waals surface area contributed by atoms with E-state index in [1.165, 1.54) is 49.0 Å². The molecular formula is C51H35N3. The smallest absolute Gasteiger partial charge is 0.160 e. The van der Waals surface area contributed by atoms with Gasteiger partial charge in [-0.05, 0) is 77.3 Å². The highest BCUT2D eigenvalue weighted by molar-refractivity contribution is 6.15. The first-order chi connectivity index (χ1) is 26.8. The summed E-state index contributed by atoms with van der Waals surface area (Å²) in [6.07, 6.45) is -0.327. The van der Waals surface area contributed by atoms with Crippen LogP contribution in [0.15, 0.2) is 210 Å². The summed E-state index contributed by atoms with van der Waals surface area (Å²) in [6.45, 7) is 0. The molecule has 0 spiro atoms. The van der Waals surface area contributed by atoms with Crippen LogP contribution in [0, 0.1) is 0 Å². The Balaban J connectivity index is 1.09. The van der Waals surface area contributed by atoms with Crippen LogP contribution in [-0.2, 0) is 0 Å². The molecule has 0 saturated carbocycles. The molecule has 1 aliphatic heterocycles. The van der Waals surface area contributed by atoms with Crippen molar-refractivity contribution in [3.05, 3.63) is 217 Å². The van der Waals surface area contributed by atoms with Crippen molar-refractivity contribution in [1.82, 2.24) is 5.32 Å². The molecule has 9 aromatic carbocycles. The van der Waals surface area contributed by atoms with E-state index in [0.29, 0.717) is 5.84 Å². The summed E-state index contributed by atoms with van der Waals surface area (Å²) in [4.78, 5) is 10.4. The van der Waals surface area contributed by atoms with E-state index < -0.39 is 0 Å². The Labute approximate surface area is 314 Å². The van der Waals surface area contributed by atoms with Crippen LogP contribution in [0.2, 0.25) is 0 Å². The van der Waals surface area contributed by atoms with Gasteiger partial charge in [0.2, 0.25) is 0 Å². The first kappa shape index (κ1) is 31.6. The van der Waals surface area contributed by atoms with Crippen LogP contribution in [0.25, 0.3) is 65.7 Å². The van der Waals surface area contributed by atoms with Gasteiger partial charge in [0, 0.05) is 11.1 Å². The molecule has 0 aromatic heterocycles. The molecule has 9 aromatic rings. The zero-order valence-corrected chi connectivity index (χ0v) is 29.5. The number of hydrogen-bond donors (Lipinski definition) is 1. The Morgan fingerprint density at radius 1 is 0.370 bits per heavy atom. The van der Waals surface area contributed by atoms with E-state index in [4.69, 9.17) is 9.98 Å². The lowest BCUT2D eigenvalue weighted by Gasteiger charge is -2.24. The molecule has 3 nitrogen and oxygen atoms in total. The number of benzene rings is 9. The monoisotopic (exact) mass is 689 g/mol. The predicted molar refractivity (Wildman–Crippen MR) is 227 cm³/mol. The quantitative estimate of drug-likeness (QED) is 0.173. The SMILES string of the molecule is c1ccc(C2=NC(c3ccccc3-c3ccccc3)=NC(c3ccc(-c4c(-c5ccc6ccc7ccccc7c6c5)ccc5ccccc45)cc3)N2)cc1. The van der Waals surface area contributed by atoms with Crippen LogP contribution < -0.4 is 5.32 Å². The van der Waals surface area contributed by atoms with Gasteiger partial charge in [-0.3, -0.25) is 0 Å². The minimum Gasteiger partial charge on any atom is -0.344 e. The minimum atomic E-state index is -0.327. The highest BCUT2D eigenvalue weighted by Crippen LogP contribution is 2.40. The minimum absolute atomic E-state index is 0.327. The highest BCUT2D eigenvalue weighted by Gasteiger charge is 2.23. The molecule has 3 heteroatoms. The van der Waals surface area contributed by atoms with Crippen molar-refractivity contribution in [2.45, 2.75) is 6.17 Å². The van der Waals surface area contributed by atoms with E-state index in [1.807, 2.05) is 24.3 Å². The van der Waals surface area contributed by atoms with E-state index >= 15 is 0 Å². The summed E-state index contributed by atoms with van der Waals surface area (Å²) >= 11 is 0. The molecule has 254 valence electrons. The van der Waals surface area contributed by atoms with Crippen LogP contribution in [-0.4, -0.2) is 11.7 Å². The van der Waals surface area contributed by atoms with Gasteiger partial charge in [-0.25, -0.2) is 9.98 Å². The fourth-order valence-corrected chi connectivity index (χ4v) is 7.85. The summed E-state index contributed by atoms with van der Waals surface area (Å²) < 4.78 is 0. The lowest BCUT2D eigenvalue weighted by atomic mass is 9.88. The molecule has 1 heterocycles. The Hall–Kier alpha value is -7.10. The van der Waals surface area contributed by atoms with Crippen molar-refractivity contribution in [2.24, 2.45) is 9.98 Å². The molecule has 0 amide bonds. The van der Waals surface area contributed by atoms with E-state index in [0.717, 1.165) is 39.2 Å². The second kappa shape index (κ2) is 13.5. The third kappa shape index (κ3) is 5.73. The van der Waals surface area contributed by atoms with Crippen molar-refractivity contribution >= 4 is 44.0 Å². The summed E-state index contributed by atoms with van der Waals surface area (Å²) in [5.41, 5.74) is 10.1. The third-order valence-corrected chi connectivity index (χ3v) is 10.5. The zero-order valence-electron chi connectivity index (χ0n) is 29.5. The zero-order chi connectivity index (χ0) is 35.8.